The third kappa shape index (κ3) is 6.04. The molecule has 6 atom stereocenters. The van der Waals surface area contributed by atoms with Crippen LogP contribution in [-0.4, -0.2) is 82.3 Å². The van der Waals surface area contributed by atoms with Crippen molar-refractivity contribution in [3.05, 3.63) is 0 Å². The van der Waals surface area contributed by atoms with Gasteiger partial charge in [0.1, 0.15) is 17.5 Å². The van der Waals surface area contributed by atoms with Gasteiger partial charge in [-0.25, -0.2) is 4.79 Å². The lowest BCUT2D eigenvalue weighted by Gasteiger charge is -2.38. The Bertz CT molecular complexity index is 768. The fourth-order valence-electron chi connectivity index (χ4n) is 5.01. The van der Waals surface area contributed by atoms with Gasteiger partial charge >= 0.3 is 12.0 Å². The average Bonchev–Trinajstić information content (AvgIpc) is 3.34. The highest BCUT2D eigenvalue weighted by molar-refractivity contribution is 8.01. The molecule has 6 unspecified atom stereocenters. The Morgan fingerprint density at radius 1 is 1.18 bits per heavy atom. The highest BCUT2D eigenvalue weighted by Gasteiger charge is 2.51. The number of fused-ring (bicyclic) bond motifs is 1. The first-order valence-corrected chi connectivity index (χ1v) is 13.5. The van der Waals surface area contributed by atoms with Gasteiger partial charge in [0, 0.05) is 19.5 Å². The van der Waals surface area contributed by atoms with Crippen LogP contribution in [0.15, 0.2) is 0 Å². The Morgan fingerprint density at radius 3 is 2.62 bits per heavy atom. The number of nitrogens with zero attached hydrogens (tertiary/aromatic N) is 2. The summed E-state index contributed by atoms with van der Waals surface area (Å²) in [5.74, 6) is -0.434. The molecule has 10 nitrogen and oxygen atoms in total. The number of esters is 1. The number of ether oxygens (including phenoxy) is 1. The molecule has 34 heavy (non-hydrogen) atoms. The molecule has 3 rings (SSSR count). The molecule has 4 amide bonds. The van der Waals surface area contributed by atoms with Crippen molar-refractivity contribution in [1.29, 1.82) is 0 Å². The number of rotatable bonds is 11. The van der Waals surface area contributed by atoms with E-state index in [2.05, 4.69) is 27.8 Å². The first kappa shape index (κ1) is 26.7. The van der Waals surface area contributed by atoms with E-state index in [0.29, 0.717) is 26.0 Å². The zero-order valence-corrected chi connectivity index (χ0v) is 21.5. The molecule has 3 saturated heterocycles. The van der Waals surface area contributed by atoms with Gasteiger partial charge in [-0.1, -0.05) is 27.2 Å². The molecule has 0 bridgehead atoms. The summed E-state index contributed by atoms with van der Waals surface area (Å²) in [7, 11) is 0. The summed E-state index contributed by atoms with van der Waals surface area (Å²) >= 11 is 1.46. The van der Waals surface area contributed by atoms with E-state index in [-0.39, 0.29) is 52.7 Å². The number of carbonyl (C=O) groups is 4. The van der Waals surface area contributed by atoms with Crippen molar-refractivity contribution in [2.45, 2.75) is 95.2 Å². The van der Waals surface area contributed by atoms with Crippen LogP contribution in [0.2, 0.25) is 0 Å². The van der Waals surface area contributed by atoms with Crippen LogP contribution >= 0.6 is 11.8 Å². The number of amides is 4. The fraction of sp³-hybridized carbons (Fsp3) is 0.826. The van der Waals surface area contributed by atoms with Crippen LogP contribution in [-0.2, 0) is 19.1 Å². The van der Waals surface area contributed by atoms with Gasteiger partial charge in [-0.2, -0.15) is 0 Å². The van der Waals surface area contributed by atoms with E-state index in [9.17, 15) is 19.2 Å². The molecule has 0 radical (unpaired) electrons. The second kappa shape index (κ2) is 12.2. The Morgan fingerprint density at radius 2 is 1.94 bits per heavy atom. The molecular weight excluding hydrogens is 458 g/mol. The second-order valence-corrected chi connectivity index (χ2v) is 10.6. The van der Waals surface area contributed by atoms with Gasteiger partial charge in [-0.15, -0.1) is 11.8 Å². The zero-order valence-electron chi connectivity index (χ0n) is 20.7. The fourth-order valence-corrected chi connectivity index (χ4v) is 6.54. The molecule has 0 aromatic heterocycles. The number of nitrogens with one attached hydrogen (secondary N) is 3. The maximum absolute atomic E-state index is 12.8. The van der Waals surface area contributed by atoms with Crippen LogP contribution in [0.3, 0.4) is 0 Å². The zero-order chi connectivity index (χ0) is 24.8. The van der Waals surface area contributed by atoms with Gasteiger partial charge in [0.25, 0.3) is 0 Å². The van der Waals surface area contributed by atoms with Crippen LogP contribution in [0.4, 0.5) is 4.79 Å². The lowest BCUT2D eigenvalue weighted by molar-refractivity contribution is -0.143. The van der Waals surface area contributed by atoms with Gasteiger partial charge in [-0.05, 0) is 38.5 Å². The number of urea groups is 1. The SMILES string of the molecule is CCCCN1C(CCC(=O)NC2CC(C)C(C(=O)OCC)S2)NC2C1C(=O)NC(=O)N2CCC. The van der Waals surface area contributed by atoms with Crippen LogP contribution in [0.5, 0.6) is 0 Å². The predicted molar refractivity (Wildman–Crippen MR) is 130 cm³/mol. The summed E-state index contributed by atoms with van der Waals surface area (Å²) in [6.45, 7) is 9.52. The van der Waals surface area contributed by atoms with E-state index in [1.54, 1.807) is 11.8 Å². The Labute approximate surface area is 206 Å². The molecule has 192 valence electrons. The molecule has 3 aliphatic heterocycles. The molecule has 0 aliphatic carbocycles. The number of thioether (sulfide) groups is 1. The van der Waals surface area contributed by atoms with Crippen molar-refractivity contribution in [1.82, 2.24) is 25.8 Å². The molecule has 0 spiro atoms. The van der Waals surface area contributed by atoms with Crippen molar-refractivity contribution in [2.75, 3.05) is 19.7 Å². The number of unbranched alkanes of at least 4 members (excludes halogenated alkanes) is 1. The van der Waals surface area contributed by atoms with Gasteiger partial charge in [0.15, 0.2) is 0 Å². The van der Waals surface area contributed by atoms with E-state index in [1.165, 1.54) is 11.8 Å². The number of hydrogen-bond donors (Lipinski definition) is 3. The van der Waals surface area contributed by atoms with E-state index in [1.807, 2.05) is 13.8 Å². The summed E-state index contributed by atoms with van der Waals surface area (Å²) in [6, 6.07) is -0.821. The summed E-state index contributed by atoms with van der Waals surface area (Å²) in [6.07, 6.45) is 3.68. The van der Waals surface area contributed by atoms with Gasteiger partial charge in [0.2, 0.25) is 11.8 Å². The minimum absolute atomic E-state index is 0.0766. The molecule has 3 fully saturated rings. The molecule has 3 heterocycles. The van der Waals surface area contributed by atoms with Crippen molar-refractivity contribution in [3.8, 4) is 0 Å². The highest BCUT2D eigenvalue weighted by Crippen LogP contribution is 2.37. The topological polar surface area (TPSA) is 120 Å². The summed E-state index contributed by atoms with van der Waals surface area (Å²) < 4.78 is 5.15. The molecule has 0 saturated carbocycles. The van der Waals surface area contributed by atoms with Crippen molar-refractivity contribution in [2.24, 2.45) is 5.92 Å². The lowest BCUT2D eigenvalue weighted by atomic mass is 10.0. The summed E-state index contributed by atoms with van der Waals surface area (Å²) in [5.41, 5.74) is 0. The van der Waals surface area contributed by atoms with Gasteiger partial charge < -0.3 is 15.0 Å². The van der Waals surface area contributed by atoms with Crippen LogP contribution in [0.1, 0.15) is 66.2 Å². The average molecular weight is 498 g/mol. The summed E-state index contributed by atoms with van der Waals surface area (Å²) in [5, 5.41) is 8.64. The van der Waals surface area contributed by atoms with Gasteiger partial charge in [0.05, 0.1) is 18.1 Å². The summed E-state index contributed by atoms with van der Waals surface area (Å²) in [4.78, 5) is 53.8. The number of hydrogen-bond acceptors (Lipinski definition) is 8. The Balaban J connectivity index is 1.59. The smallest absolute Gasteiger partial charge is 0.325 e. The highest BCUT2D eigenvalue weighted by atomic mass is 32.2. The minimum Gasteiger partial charge on any atom is -0.465 e. The molecule has 0 aromatic carbocycles. The van der Waals surface area contributed by atoms with Crippen LogP contribution < -0.4 is 16.0 Å². The third-order valence-corrected chi connectivity index (χ3v) is 8.24. The first-order chi connectivity index (χ1) is 16.3. The standard InChI is InChI=1S/C23H39N5O5S/c1-5-8-12-27-15(24-20-18(27)21(30)26-23(32)28(20)11-6-2)9-10-16(29)25-17-13-14(4)19(34-17)22(31)33-7-3/h14-15,17-20,24H,5-13H2,1-4H3,(H,25,29)(H,26,30,32). The first-order valence-electron chi connectivity index (χ1n) is 12.5. The van der Waals surface area contributed by atoms with E-state index < -0.39 is 6.04 Å². The molecule has 3 N–H and O–H groups in total. The minimum atomic E-state index is -0.458. The van der Waals surface area contributed by atoms with Crippen molar-refractivity contribution < 1.29 is 23.9 Å². The third-order valence-electron chi connectivity index (χ3n) is 6.65. The molecule has 0 aromatic rings. The van der Waals surface area contributed by atoms with Crippen molar-refractivity contribution >= 4 is 35.6 Å². The predicted octanol–water partition coefficient (Wildman–Crippen LogP) is 1.60. The molecule has 3 aliphatic rings. The lowest BCUT2D eigenvalue weighted by Crippen LogP contribution is -2.66. The maximum atomic E-state index is 12.8. The molecular formula is C23H39N5O5S. The number of carbonyl (C=O) groups excluding carboxylic acids is 4. The van der Waals surface area contributed by atoms with E-state index in [4.69, 9.17) is 4.74 Å². The second-order valence-electron chi connectivity index (χ2n) is 9.27. The normalized spacial score (nSPS) is 31.4. The van der Waals surface area contributed by atoms with Crippen LogP contribution in [0, 0.1) is 5.92 Å². The largest absolute Gasteiger partial charge is 0.465 e. The van der Waals surface area contributed by atoms with E-state index in [0.717, 1.165) is 32.2 Å². The quantitative estimate of drug-likeness (QED) is 0.368. The van der Waals surface area contributed by atoms with Crippen LogP contribution in [0.25, 0.3) is 0 Å². The maximum Gasteiger partial charge on any atom is 0.325 e. The number of imide groups is 1. The van der Waals surface area contributed by atoms with Crippen molar-refractivity contribution in [3.63, 3.8) is 0 Å². The van der Waals surface area contributed by atoms with Gasteiger partial charge in [-0.3, -0.25) is 29.9 Å². The Kier molecular flexibility index (Phi) is 9.61. The van der Waals surface area contributed by atoms with E-state index >= 15 is 0 Å². The Hall–Kier alpha value is -1.85. The molecule has 11 heteroatoms. The monoisotopic (exact) mass is 497 g/mol.